The van der Waals surface area contributed by atoms with Crippen molar-refractivity contribution in [1.82, 2.24) is 10.3 Å². The number of methoxy groups -OCH3 is 1. The van der Waals surface area contributed by atoms with Crippen molar-refractivity contribution in [3.63, 3.8) is 0 Å². The molecule has 1 aliphatic carbocycles. The molecule has 0 aromatic carbocycles. The summed E-state index contributed by atoms with van der Waals surface area (Å²) in [6.07, 6.45) is 2.44. The Bertz CT molecular complexity index is 721. The van der Waals surface area contributed by atoms with E-state index in [9.17, 15) is 10.1 Å². The zero-order chi connectivity index (χ0) is 18.1. The van der Waals surface area contributed by atoms with Crippen molar-refractivity contribution in [3.05, 3.63) is 22.4 Å². The number of aromatic nitrogens is 1. The van der Waals surface area contributed by atoms with Crippen LogP contribution in [-0.2, 0) is 9.53 Å². The van der Waals surface area contributed by atoms with E-state index in [1.54, 1.807) is 0 Å². The quantitative estimate of drug-likeness (QED) is 0.883. The topological polar surface area (TPSA) is 78.2 Å². The van der Waals surface area contributed by atoms with Crippen LogP contribution in [0.2, 0.25) is 0 Å². The maximum Gasteiger partial charge on any atom is 0.246 e. The summed E-state index contributed by atoms with van der Waals surface area (Å²) in [6.45, 7) is 7.59. The summed E-state index contributed by atoms with van der Waals surface area (Å²) >= 11 is 0. The Morgan fingerprint density at radius 3 is 2.64 bits per heavy atom. The number of nitrogens with one attached hydrogen (secondary N) is 1. The first kappa shape index (κ1) is 17.7. The first-order valence-corrected chi connectivity index (χ1v) is 8.87. The smallest absolute Gasteiger partial charge is 0.246 e. The van der Waals surface area contributed by atoms with E-state index in [1.807, 2.05) is 20.8 Å². The summed E-state index contributed by atoms with van der Waals surface area (Å²) in [6, 6.07) is 2.42. The molecular weight excluding hydrogens is 316 g/mol. The SMILES string of the molecule is COCC(=O)N[C@H]1CN(c2nc(C)c(C)c(C)c2C#N)C[C@@H]1C1CC1. The Morgan fingerprint density at radius 1 is 1.32 bits per heavy atom. The fraction of sp³-hybridized carbons (Fsp3) is 0.632. The monoisotopic (exact) mass is 342 g/mol. The zero-order valence-electron chi connectivity index (χ0n) is 15.4. The van der Waals surface area contributed by atoms with Crippen LogP contribution in [-0.4, -0.2) is 43.7 Å². The van der Waals surface area contributed by atoms with Crippen molar-refractivity contribution in [2.24, 2.45) is 11.8 Å². The van der Waals surface area contributed by atoms with Gasteiger partial charge in [0, 0.05) is 31.8 Å². The summed E-state index contributed by atoms with van der Waals surface area (Å²) in [5.74, 6) is 1.76. The standard InChI is InChI=1S/C19H26N4O2/c1-11-12(2)15(7-20)19(21-13(11)3)23-8-16(14-5-6-14)17(9-23)22-18(24)10-25-4/h14,16-17H,5-6,8-10H2,1-4H3,(H,22,24)/t16-,17+/m1/s1. The van der Waals surface area contributed by atoms with Gasteiger partial charge in [-0.2, -0.15) is 5.26 Å². The molecule has 0 radical (unpaired) electrons. The van der Waals surface area contributed by atoms with Gasteiger partial charge in [0.1, 0.15) is 18.5 Å². The van der Waals surface area contributed by atoms with Crippen LogP contribution in [0.5, 0.6) is 0 Å². The van der Waals surface area contributed by atoms with Gasteiger partial charge in [-0.3, -0.25) is 4.79 Å². The predicted molar refractivity (Wildman–Crippen MR) is 95.4 cm³/mol. The molecule has 25 heavy (non-hydrogen) atoms. The molecule has 1 aromatic rings. The fourth-order valence-electron chi connectivity index (χ4n) is 3.82. The predicted octanol–water partition coefficient (Wildman–Crippen LogP) is 1.86. The molecule has 1 saturated heterocycles. The summed E-state index contributed by atoms with van der Waals surface area (Å²) < 4.78 is 4.94. The van der Waals surface area contributed by atoms with E-state index in [1.165, 1.54) is 20.0 Å². The number of amides is 1. The maximum absolute atomic E-state index is 12.0. The molecule has 2 heterocycles. The van der Waals surface area contributed by atoms with Crippen LogP contribution in [0.25, 0.3) is 0 Å². The molecule has 6 nitrogen and oxygen atoms in total. The van der Waals surface area contributed by atoms with E-state index in [-0.39, 0.29) is 18.6 Å². The number of aryl methyl sites for hydroxylation is 1. The molecule has 1 aromatic heterocycles. The number of nitriles is 1. The van der Waals surface area contributed by atoms with Gasteiger partial charge in [0.05, 0.1) is 11.6 Å². The second kappa shape index (κ2) is 7.01. The molecule has 2 aliphatic rings. The molecule has 0 bridgehead atoms. The maximum atomic E-state index is 12.0. The number of nitrogens with zero attached hydrogens (tertiary/aromatic N) is 3. The van der Waals surface area contributed by atoms with Crippen molar-refractivity contribution in [1.29, 1.82) is 5.26 Å². The lowest BCUT2D eigenvalue weighted by molar-refractivity contribution is -0.125. The minimum atomic E-state index is -0.0790. The van der Waals surface area contributed by atoms with Gasteiger partial charge in [0.25, 0.3) is 0 Å². The van der Waals surface area contributed by atoms with Crippen molar-refractivity contribution in [3.8, 4) is 6.07 Å². The summed E-state index contributed by atoms with van der Waals surface area (Å²) in [7, 11) is 1.53. The Kier molecular flexibility index (Phi) is 4.96. The number of carbonyl (C=O) groups is 1. The molecule has 3 rings (SSSR count). The number of hydrogen-bond donors (Lipinski definition) is 1. The third kappa shape index (κ3) is 3.47. The van der Waals surface area contributed by atoms with E-state index in [0.717, 1.165) is 29.2 Å². The number of pyridine rings is 1. The third-order valence-electron chi connectivity index (χ3n) is 5.60. The van der Waals surface area contributed by atoms with Gasteiger partial charge in [0.2, 0.25) is 5.91 Å². The summed E-state index contributed by atoms with van der Waals surface area (Å²) in [5, 5.41) is 12.8. The Morgan fingerprint density at radius 2 is 2.04 bits per heavy atom. The van der Waals surface area contributed by atoms with Crippen LogP contribution < -0.4 is 10.2 Å². The van der Waals surface area contributed by atoms with Crippen molar-refractivity contribution in [2.75, 3.05) is 31.7 Å². The van der Waals surface area contributed by atoms with Crippen LogP contribution in [0.1, 0.15) is 35.2 Å². The minimum absolute atomic E-state index is 0.0790. The van der Waals surface area contributed by atoms with Gasteiger partial charge in [-0.25, -0.2) is 4.98 Å². The van der Waals surface area contributed by atoms with E-state index in [2.05, 4.69) is 16.3 Å². The fourth-order valence-corrected chi connectivity index (χ4v) is 3.82. The number of hydrogen-bond acceptors (Lipinski definition) is 5. The average molecular weight is 342 g/mol. The van der Waals surface area contributed by atoms with Crippen molar-refractivity contribution < 1.29 is 9.53 Å². The van der Waals surface area contributed by atoms with E-state index >= 15 is 0 Å². The normalized spacial score (nSPS) is 22.8. The Balaban J connectivity index is 1.87. The van der Waals surface area contributed by atoms with E-state index in [0.29, 0.717) is 23.9 Å². The molecule has 0 spiro atoms. The highest BCUT2D eigenvalue weighted by Crippen LogP contribution is 2.42. The highest BCUT2D eigenvalue weighted by Gasteiger charge is 2.44. The molecule has 0 unspecified atom stereocenters. The van der Waals surface area contributed by atoms with Crippen LogP contribution in [0.4, 0.5) is 5.82 Å². The molecule has 1 saturated carbocycles. The molecule has 1 N–H and O–H groups in total. The van der Waals surface area contributed by atoms with Crippen LogP contribution in [0.3, 0.4) is 0 Å². The van der Waals surface area contributed by atoms with Crippen LogP contribution in [0, 0.1) is 43.9 Å². The molecule has 6 heteroatoms. The summed E-state index contributed by atoms with van der Waals surface area (Å²) in [4.78, 5) is 18.9. The van der Waals surface area contributed by atoms with E-state index in [4.69, 9.17) is 9.72 Å². The van der Waals surface area contributed by atoms with Gasteiger partial charge in [-0.05, 0) is 50.7 Å². The first-order chi connectivity index (χ1) is 12.0. The highest BCUT2D eigenvalue weighted by atomic mass is 16.5. The molecule has 1 aliphatic heterocycles. The van der Waals surface area contributed by atoms with Crippen LogP contribution in [0.15, 0.2) is 0 Å². The van der Waals surface area contributed by atoms with Crippen molar-refractivity contribution in [2.45, 2.75) is 39.7 Å². The highest BCUT2D eigenvalue weighted by molar-refractivity contribution is 5.77. The van der Waals surface area contributed by atoms with Crippen LogP contribution >= 0.6 is 0 Å². The van der Waals surface area contributed by atoms with Crippen molar-refractivity contribution >= 4 is 11.7 Å². The lowest BCUT2D eigenvalue weighted by Gasteiger charge is -2.21. The lowest BCUT2D eigenvalue weighted by Crippen LogP contribution is -2.42. The Hall–Kier alpha value is -2.13. The van der Waals surface area contributed by atoms with Gasteiger partial charge in [0.15, 0.2) is 0 Å². The van der Waals surface area contributed by atoms with E-state index < -0.39 is 0 Å². The molecular formula is C19H26N4O2. The second-order valence-corrected chi connectivity index (χ2v) is 7.27. The molecule has 1 amide bonds. The number of carbonyl (C=O) groups excluding carboxylic acids is 1. The molecule has 134 valence electrons. The third-order valence-corrected chi connectivity index (χ3v) is 5.60. The first-order valence-electron chi connectivity index (χ1n) is 8.87. The Labute approximate surface area is 149 Å². The van der Waals surface area contributed by atoms with Gasteiger partial charge in [-0.1, -0.05) is 0 Å². The minimum Gasteiger partial charge on any atom is -0.375 e. The van der Waals surface area contributed by atoms with Gasteiger partial charge >= 0.3 is 0 Å². The van der Waals surface area contributed by atoms with Gasteiger partial charge in [-0.15, -0.1) is 0 Å². The number of ether oxygens (including phenoxy) is 1. The second-order valence-electron chi connectivity index (χ2n) is 7.27. The number of rotatable bonds is 5. The number of anilines is 1. The lowest BCUT2D eigenvalue weighted by atomic mass is 9.98. The van der Waals surface area contributed by atoms with Gasteiger partial charge < -0.3 is 15.0 Å². The molecule has 2 fully saturated rings. The molecule has 2 atom stereocenters. The zero-order valence-corrected chi connectivity index (χ0v) is 15.4. The summed E-state index contributed by atoms with van der Waals surface area (Å²) in [5.41, 5.74) is 3.69. The average Bonchev–Trinajstić information content (AvgIpc) is 3.34. The largest absolute Gasteiger partial charge is 0.375 e.